The van der Waals surface area contributed by atoms with Gasteiger partial charge in [0, 0.05) is 43.8 Å². The van der Waals surface area contributed by atoms with Crippen molar-refractivity contribution in [2.24, 2.45) is 5.92 Å². The lowest BCUT2D eigenvalue weighted by atomic mass is 10.00. The topological polar surface area (TPSA) is 71.4 Å². The van der Waals surface area contributed by atoms with E-state index in [0.717, 1.165) is 24.1 Å². The van der Waals surface area contributed by atoms with Crippen molar-refractivity contribution in [3.05, 3.63) is 36.0 Å². The quantitative estimate of drug-likeness (QED) is 0.838. The van der Waals surface area contributed by atoms with Crippen LogP contribution in [0.4, 0.5) is 0 Å². The van der Waals surface area contributed by atoms with Gasteiger partial charge in [0.1, 0.15) is 0 Å². The van der Waals surface area contributed by atoms with E-state index in [2.05, 4.69) is 35.0 Å². The Hall–Kier alpha value is -1.86. The van der Waals surface area contributed by atoms with Crippen molar-refractivity contribution in [2.75, 3.05) is 25.9 Å². The predicted molar refractivity (Wildman–Crippen MR) is 103 cm³/mol. The minimum Gasteiger partial charge on any atom is -0.356 e. The number of hydrogen-bond acceptors (Lipinski definition) is 3. The van der Waals surface area contributed by atoms with Gasteiger partial charge in [-0.2, -0.15) is 0 Å². The van der Waals surface area contributed by atoms with Gasteiger partial charge in [-0.3, -0.25) is 4.79 Å². The van der Waals surface area contributed by atoms with E-state index in [1.807, 2.05) is 12.1 Å². The molecule has 0 bridgehead atoms. The standard InChI is InChI=1S/C19H27N3O3S/c1-15-12-17-7-3-4-8-18(17)22(15)11-9-19(23)20-13-16-6-5-10-21(14-16)26(2,24)25/h3-4,7-8,12,16H,5-6,9-11,13-14H2,1-2H3,(H,20,23)/t16-/m1/s1. The molecule has 6 nitrogen and oxygen atoms in total. The minimum atomic E-state index is -3.15. The molecule has 1 amide bonds. The van der Waals surface area contributed by atoms with Gasteiger partial charge in [-0.05, 0) is 43.2 Å². The maximum Gasteiger partial charge on any atom is 0.221 e. The number of rotatable bonds is 6. The molecule has 1 N–H and O–H groups in total. The van der Waals surface area contributed by atoms with E-state index in [4.69, 9.17) is 0 Å². The van der Waals surface area contributed by atoms with Crippen molar-refractivity contribution in [1.29, 1.82) is 0 Å². The highest BCUT2D eigenvalue weighted by molar-refractivity contribution is 7.88. The Morgan fingerprint density at radius 1 is 1.31 bits per heavy atom. The third-order valence-electron chi connectivity index (χ3n) is 5.12. The molecule has 1 atom stereocenters. The maximum atomic E-state index is 12.3. The van der Waals surface area contributed by atoms with Crippen LogP contribution in [0.25, 0.3) is 10.9 Å². The van der Waals surface area contributed by atoms with Crippen molar-refractivity contribution in [1.82, 2.24) is 14.2 Å². The van der Waals surface area contributed by atoms with E-state index >= 15 is 0 Å². The summed E-state index contributed by atoms with van der Waals surface area (Å²) < 4.78 is 27.0. The molecule has 1 saturated heterocycles. The Balaban J connectivity index is 1.51. The van der Waals surface area contributed by atoms with Gasteiger partial charge in [0.05, 0.1) is 6.26 Å². The summed E-state index contributed by atoms with van der Waals surface area (Å²) in [5, 5.41) is 4.17. The molecule has 0 spiro atoms. The Morgan fingerprint density at radius 3 is 2.85 bits per heavy atom. The van der Waals surface area contributed by atoms with E-state index in [-0.39, 0.29) is 11.8 Å². The molecule has 1 aromatic heterocycles. The van der Waals surface area contributed by atoms with E-state index in [0.29, 0.717) is 32.6 Å². The molecule has 1 aliphatic heterocycles. The average molecular weight is 378 g/mol. The molecule has 7 heteroatoms. The number of piperidine rings is 1. The third kappa shape index (κ3) is 4.45. The lowest BCUT2D eigenvalue weighted by Gasteiger charge is -2.31. The highest BCUT2D eigenvalue weighted by Crippen LogP contribution is 2.20. The second-order valence-electron chi connectivity index (χ2n) is 7.18. The summed E-state index contributed by atoms with van der Waals surface area (Å²) in [5.41, 5.74) is 2.30. The molecule has 0 saturated carbocycles. The average Bonchev–Trinajstić information content (AvgIpc) is 2.93. The number of fused-ring (bicyclic) bond motifs is 1. The minimum absolute atomic E-state index is 0.0126. The Labute approximate surface area is 155 Å². The van der Waals surface area contributed by atoms with Crippen molar-refractivity contribution in [3.8, 4) is 0 Å². The van der Waals surface area contributed by atoms with Crippen molar-refractivity contribution in [2.45, 2.75) is 32.7 Å². The highest BCUT2D eigenvalue weighted by atomic mass is 32.2. The first-order valence-electron chi connectivity index (χ1n) is 9.11. The zero-order valence-corrected chi connectivity index (χ0v) is 16.3. The molecule has 142 valence electrons. The van der Waals surface area contributed by atoms with E-state index in [9.17, 15) is 13.2 Å². The van der Waals surface area contributed by atoms with E-state index in [1.54, 1.807) is 0 Å². The summed E-state index contributed by atoms with van der Waals surface area (Å²) in [6, 6.07) is 10.3. The molecule has 1 aliphatic rings. The lowest BCUT2D eigenvalue weighted by molar-refractivity contribution is -0.121. The van der Waals surface area contributed by atoms with Crippen LogP contribution in [0, 0.1) is 12.8 Å². The summed E-state index contributed by atoms with van der Waals surface area (Å²) in [4.78, 5) is 12.3. The van der Waals surface area contributed by atoms with E-state index in [1.165, 1.54) is 15.9 Å². The highest BCUT2D eigenvalue weighted by Gasteiger charge is 2.25. The van der Waals surface area contributed by atoms with Gasteiger partial charge in [0.15, 0.2) is 0 Å². The van der Waals surface area contributed by atoms with Crippen LogP contribution < -0.4 is 5.32 Å². The smallest absolute Gasteiger partial charge is 0.221 e. The molecule has 2 aromatic rings. The van der Waals surface area contributed by atoms with Gasteiger partial charge in [0.2, 0.25) is 15.9 Å². The van der Waals surface area contributed by atoms with Gasteiger partial charge in [-0.15, -0.1) is 0 Å². The summed E-state index contributed by atoms with van der Waals surface area (Å²) in [5.74, 6) is 0.204. The molecular weight excluding hydrogens is 350 g/mol. The van der Waals surface area contributed by atoms with Crippen LogP contribution in [0.2, 0.25) is 0 Å². The monoisotopic (exact) mass is 377 g/mol. The lowest BCUT2D eigenvalue weighted by Crippen LogP contribution is -2.43. The molecule has 0 aliphatic carbocycles. The van der Waals surface area contributed by atoms with Crippen molar-refractivity contribution in [3.63, 3.8) is 0 Å². The Morgan fingerprint density at radius 2 is 2.08 bits per heavy atom. The predicted octanol–water partition coefficient (Wildman–Crippen LogP) is 2.13. The number of aromatic nitrogens is 1. The molecule has 26 heavy (non-hydrogen) atoms. The number of sulfonamides is 1. The molecule has 1 aromatic carbocycles. The number of aryl methyl sites for hydroxylation is 2. The van der Waals surface area contributed by atoms with Gasteiger partial charge in [-0.25, -0.2) is 12.7 Å². The molecule has 0 radical (unpaired) electrons. The Bertz CT molecular complexity index is 889. The van der Waals surface area contributed by atoms with Gasteiger partial charge < -0.3 is 9.88 Å². The number of carbonyl (C=O) groups excluding carboxylic acids is 1. The first kappa shape index (κ1) is 18.9. The Kier molecular flexibility index (Phi) is 5.67. The molecular formula is C19H27N3O3S. The summed E-state index contributed by atoms with van der Waals surface area (Å²) in [6.07, 6.45) is 3.47. The molecule has 2 heterocycles. The van der Waals surface area contributed by atoms with Crippen LogP contribution in [-0.4, -0.2) is 49.1 Å². The van der Waals surface area contributed by atoms with Crippen LogP contribution in [0.3, 0.4) is 0 Å². The van der Waals surface area contributed by atoms with Gasteiger partial charge in [-0.1, -0.05) is 18.2 Å². The second kappa shape index (κ2) is 7.80. The third-order valence-corrected chi connectivity index (χ3v) is 6.39. The summed E-state index contributed by atoms with van der Waals surface area (Å²) in [7, 11) is -3.15. The fourth-order valence-corrected chi connectivity index (χ4v) is 4.64. The summed E-state index contributed by atoms with van der Waals surface area (Å²) >= 11 is 0. The van der Waals surface area contributed by atoms with Crippen LogP contribution in [0.5, 0.6) is 0 Å². The number of nitrogens with zero attached hydrogens (tertiary/aromatic N) is 2. The van der Waals surface area contributed by atoms with E-state index < -0.39 is 10.0 Å². The number of para-hydroxylation sites is 1. The number of hydrogen-bond donors (Lipinski definition) is 1. The normalized spacial score (nSPS) is 18.9. The molecule has 3 rings (SSSR count). The van der Waals surface area contributed by atoms with Crippen molar-refractivity contribution >= 4 is 26.8 Å². The van der Waals surface area contributed by atoms with Crippen LogP contribution in [-0.2, 0) is 21.4 Å². The number of carbonyl (C=O) groups is 1. The largest absolute Gasteiger partial charge is 0.356 e. The molecule has 0 unspecified atom stereocenters. The van der Waals surface area contributed by atoms with Gasteiger partial charge >= 0.3 is 0 Å². The first-order chi connectivity index (χ1) is 12.3. The van der Waals surface area contributed by atoms with Crippen LogP contribution >= 0.6 is 0 Å². The molecule has 1 fully saturated rings. The maximum absolute atomic E-state index is 12.3. The first-order valence-corrected chi connectivity index (χ1v) is 11.0. The zero-order valence-electron chi connectivity index (χ0n) is 15.4. The SMILES string of the molecule is Cc1cc2ccccc2n1CCC(=O)NC[C@H]1CCCN(S(C)(=O)=O)C1. The van der Waals surface area contributed by atoms with Gasteiger partial charge in [0.25, 0.3) is 0 Å². The number of nitrogens with one attached hydrogen (secondary N) is 1. The fourth-order valence-electron chi connectivity index (χ4n) is 3.70. The van der Waals surface area contributed by atoms with Crippen molar-refractivity contribution < 1.29 is 13.2 Å². The number of benzene rings is 1. The van der Waals surface area contributed by atoms with Crippen LogP contribution in [0.15, 0.2) is 30.3 Å². The number of amides is 1. The zero-order chi connectivity index (χ0) is 18.7. The fraction of sp³-hybridized carbons (Fsp3) is 0.526. The summed E-state index contributed by atoms with van der Waals surface area (Å²) in [6.45, 7) is 4.32. The second-order valence-corrected chi connectivity index (χ2v) is 9.16. The van der Waals surface area contributed by atoms with Crippen LogP contribution in [0.1, 0.15) is 25.0 Å².